The molecular formula is C46H54N8O6. The molecule has 14 heteroatoms. The fourth-order valence-electron chi connectivity index (χ4n) is 5.99. The Labute approximate surface area is 351 Å². The monoisotopic (exact) mass is 814 g/mol. The largest absolute Gasteiger partial charge is 0.465 e. The average molecular weight is 815 g/mol. The Balaban J connectivity index is 1.41. The maximum absolute atomic E-state index is 12.8. The lowest BCUT2D eigenvalue weighted by atomic mass is 9.96. The van der Waals surface area contributed by atoms with Crippen molar-refractivity contribution < 1.29 is 28.7 Å². The number of aromatic nitrogens is 4. The summed E-state index contributed by atoms with van der Waals surface area (Å²) < 4.78 is 9.69. The molecule has 0 radical (unpaired) electrons. The first-order valence-electron chi connectivity index (χ1n) is 19.6. The second-order valence-electron chi connectivity index (χ2n) is 16.6. The molecule has 0 aliphatic carbocycles. The molecule has 5 rings (SSSR count). The number of rotatable bonds is 16. The number of pyridine rings is 4. The molecule has 0 aliphatic heterocycles. The molecule has 314 valence electrons. The van der Waals surface area contributed by atoms with Crippen LogP contribution >= 0.6 is 0 Å². The van der Waals surface area contributed by atoms with Crippen LogP contribution in [0.1, 0.15) is 96.2 Å². The van der Waals surface area contributed by atoms with Crippen molar-refractivity contribution >= 4 is 35.4 Å². The van der Waals surface area contributed by atoms with Crippen molar-refractivity contribution in [2.45, 2.75) is 80.8 Å². The van der Waals surface area contributed by atoms with Crippen LogP contribution in [0, 0.1) is 10.8 Å². The Morgan fingerprint density at radius 1 is 0.517 bits per heavy atom. The number of ether oxygens (including phenoxy) is 2. The van der Waals surface area contributed by atoms with Crippen molar-refractivity contribution in [2.24, 2.45) is 10.8 Å². The zero-order valence-corrected chi connectivity index (χ0v) is 35.6. The smallest absolute Gasteiger partial charge is 0.339 e. The number of benzene rings is 1. The van der Waals surface area contributed by atoms with Crippen LogP contribution < -0.4 is 10.6 Å². The first kappa shape index (κ1) is 44.7. The van der Waals surface area contributed by atoms with Gasteiger partial charge in [-0.2, -0.15) is 0 Å². The molecule has 0 aliphatic rings. The van der Waals surface area contributed by atoms with Crippen molar-refractivity contribution in [1.29, 1.82) is 0 Å². The second kappa shape index (κ2) is 20.1. The summed E-state index contributed by atoms with van der Waals surface area (Å²) in [6.45, 7) is 14.0. The maximum Gasteiger partial charge on any atom is 0.339 e. The lowest BCUT2D eigenvalue weighted by Crippen LogP contribution is -2.29. The molecule has 14 nitrogen and oxygen atoms in total. The molecule has 2 amide bonds. The molecule has 4 heterocycles. The zero-order chi connectivity index (χ0) is 43.5. The van der Waals surface area contributed by atoms with Crippen molar-refractivity contribution in [3.8, 4) is 0 Å². The van der Waals surface area contributed by atoms with Crippen LogP contribution in [0.2, 0.25) is 0 Å². The first-order valence-corrected chi connectivity index (χ1v) is 19.6. The molecular weight excluding hydrogens is 761 g/mol. The lowest BCUT2D eigenvalue weighted by Gasteiger charge is -2.24. The Hall–Kier alpha value is -6.38. The van der Waals surface area contributed by atoms with Gasteiger partial charge in [0.05, 0.1) is 48.1 Å². The van der Waals surface area contributed by atoms with E-state index in [1.54, 1.807) is 36.4 Å². The number of esters is 2. The second-order valence-corrected chi connectivity index (χ2v) is 16.6. The van der Waals surface area contributed by atoms with Gasteiger partial charge in [-0.15, -0.1) is 0 Å². The molecule has 0 spiro atoms. The summed E-state index contributed by atoms with van der Waals surface area (Å²) in [5.41, 5.74) is 4.66. The van der Waals surface area contributed by atoms with Gasteiger partial charge in [-0.3, -0.25) is 29.4 Å². The molecule has 0 fully saturated rings. The van der Waals surface area contributed by atoms with Crippen LogP contribution in [-0.4, -0.2) is 67.7 Å². The summed E-state index contributed by atoms with van der Waals surface area (Å²) in [6.07, 6.45) is 3.01. The number of amides is 2. The number of nitrogens with zero attached hydrogens (tertiary/aromatic N) is 6. The average Bonchev–Trinajstić information content (AvgIpc) is 3.20. The van der Waals surface area contributed by atoms with Gasteiger partial charge in [-0.05, 0) is 59.7 Å². The van der Waals surface area contributed by atoms with Crippen LogP contribution in [0.25, 0.3) is 0 Å². The summed E-state index contributed by atoms with van der Waals surface area (Å²) in [6, 6.07) is 26.5. The van der Waals surface area contributed by atoms with Gasteiger partial charge in [-0.25, -0.2) is 19.6 Å². The van der Waals surface area contributed by atoms with Crippen molar-refractivity contribution in [1.82, 2.24) is 29.7 Å². The molecule has 5 aromatic rings. The highest BCUT2D eigenvalue weighted by atomic mass is 16.5. The summed E-state index contributed by atoms with van der Waals surface area (Å²) >= 11 is 0. The quantitative estimate of drug-likeness (QED) is 0.0962. The number of carbonyl (C=O) groups is 4. The number of methoxy groups -OCH3 is 2. The summed E-state index contributed by atoms with van der Waals surface area (Å²) in [7, 11) is 2.66. The molecule has 0 saturated carbocycles. The third-order valence-electron chi connectivity index (χ3n) is 9.30. The van der Waals surface area contributed by atoms with E-state index in [9.17, 15) is 19.2 Å². The van der Waals surface area contributed by atoms with E-state index < -0.39 is 22.8 Å². The molecule has 0 unspecified atom stereocenters. The first-order chi connectivity index (χ1) is 28.5. The molecule has 0 atom stereocenters. The highest BCUT2D eigenvalue weighted by Gasteiger charge is 2.23. The highest BCUT2D eigenvalue weighted by molar-refractivity contribution is 5.94. The topological polar surface area (TPSA) is 169 Å². The maximum atomic E-state index is 12.8. The molecule has 60 heavy (non-hydrogen) atoms. The standard InChI is InChI=1S/C46H54N8O6/c1-45(2,3)43(57)51-39-16-10-14-37(49-39)29-54(30-38-15-11-17-40(50-38)52-44(58)46(4,5)6)26-32-13-9-12-31(22-32)25-53(27-35-20-18-33(23-47-35)41(55)59-7)28-36-21-19-34(24-48-36)42(56)60-8/h9-24H,25-30H2,1-8H3,(H,49,51,57)(H,50,52,58). The van der Waals surface area contributed by atoms with Crippen LogP contribution in [-0.2, 0) is 58.3 Å². The van der Waals surface area contributed by atoms with E-state index in [4.69, 9.17) is 19.4 Å². The minimum absolute atomic E-state index is 0.129. The fraction of sp³-hybridized carbons (Fsp3) is 0.348. The van der Waals surface area contributed by atoms with Crippen molar-refractivity contribution in [2.75, 3.05) is 24.9 Å². The Morgan fingerprint density at radius 3 is 1.25 bits per heavy atom. The molecule has 2 N–H and O–H groups in total. The number of hydrogen-bond acceptors (Lipinski definition) is 12. The summed E-state index contributed by atoms with van der Waals surface area (Å²) in [5.74, 6) is -0.226. The SMILES string of the molecule is COC(=O)c1ccc(CN(Cc2cccc(CN(Cc3cccc(NC(=O)C(C)(C)C)n3)Cc3cccc(NC(=O)C(C)(C)C)n3)c2)Cc2ccc(C(=O)OC)cn2)nc1. The van der Waals surface area contributed by atoms with Crippen molar-refractivity contribution in [3.05, 3.63) is 142 Å². The van der Waals surface area contributed by atoms with E-state index in [0.29, 0.717) is 62.0 Å². The lowest BCUT2D eigenvalue weighted by molar-refractivity contribution is -0.123. The van der Waals surface area contributed by atoms with E-state index >= 15 is 0 Å². The predicted octanol–water partition coefficient (Wildman–Crippen LogP) is 7.21. The molecule has 4 aromatic heterocycles. The highest BCUT2D eigenvalue weighted by Crippen LogP contribution is 2.21. The van der Waals surface area contributed by atoms with Crippen LogP contribution in [0.3, 0.4) is 0 Å². The van der Waals surface area contributed by atoms with Gasteiger partial charge in [0.25, 0.3) is 0 Å². The van der Waals surface area contributed by atoms with Crippen LogP contribution in [0.15, 0.2) is 97.3 Å². The van der Waals surface area contributed by atoms with Crippen LogP contribution in [0.4, 0.5) is 11.6 Å². The van der Waals surface area contributed by atoms with Gasteiger partial charge in [-0.1, -0.05) is 77.9 Å². The number of nitrogens with one attached hydrogen (secondary N) is 2. The van der Waals surface area contributed by atoms with Gasteiger partial charge in [0.1, 0.15) is 11.6 Å². The van der Waals surface area contributed by atoms with Gasteiger partial charge < -0.3 is 20.1 Å². The van der Waals surface area contributed by atoms with Crippen LogP contribution in [0.5, 0.6) is 0 Å². The van der Waals surface area contributed by atoms with Gasteiger partial charge in [0, 0.05) is 62.5 Å². The minimum atomic E-state index is -0.583. The van der Waals surface area contributed by atoms with Gasteiger partial charge in [0.15, 0.2) is 0 Å². The minimum Gasteiger partial charge on any atom is -0.465 e. The molecule has 0 bridgehead atoms. The normalized spacial score (nSPS) is 11.6. The Morgan fingerprint density at radius 2 is 0.900 bits per heavy atom. The number of hydrogen-bond donors (Lipinski definition) is 2. The third-order valence-corrected chi connectivity index (χ3v) is 9.30. The predicted molar refractivity (Wildman–Crippen MR) is 228 cm³/mol. The number of carbonyl (C=O) groups excluding carboxylic acids is 4. The van der Waals surface area contributed by atoms with E-state index in [0.717, 1.165) is 33.9 Å². The van der Waals surface area contributed by atoms with E-state index in [1.165, 1.54) is 26.6 Å². The Bertz CT molecular complexity index is 2130. The zero-order valence-electron chi connectivity index (χ0n) is 35.6. The fourth-order valence-corrected chi connectivity index (χ4v) is 5.99. The van der Waals surface area contributed by atoms with E-state index in [1.807, 2.05) is 71.9 Å². The molecule has 1 aromatic carbocycles. The summed E-state index contributed by atoms with van der Waals surface area (Å²) in [4.78, 5) is 72.7. The van der Waals surface area contributed by atoms with E-state index in [2.05, 4.69) is 48.6 Å². The van der Waals surface area contributed by atoms with Gasteiger partial charge >= 0.3 is 11.9 Å². The number of anilines is 2. The molecule has 0 saturated heterocycles. The van der Waals surface area contributed by atoms with Gasteiger partial charge in [0.2, 0.25) is 11.8 Å². The van der Waals surface area contributed by atoms with E-state index in [-0.39, 0.29) is 11.8 Å². The summed E-state index contributed by atoms with van der Waals surface area (Å²) in [5, 5.41) is 5.88. The third kappa shape index (κ3) is 13.3. The van der Waals surface area contributed by atoms with Crippen molar-refractivity contribution in [3.63, 3.8) is 0 Å². The Kier molecular flexibility index (Phi) is 14.9.